The van der Waals surface area contributed by atoms with Crippen LogP contribution in [0.2, 0.25) is 0 Å². The summed E-state index contributed by atoms with van der Waals surface area (Å²) in [6, 6.07) is 4.02. The molecule has 23 heavy (non-hydrogen) atoms. The molecule has 0 aliphatic heterocycles. The Bertz CT molecular complexity index is 830. The Morgan fingerprint density at radius 3 is 2.83 bits per heavy atom. The highest BCUT2D eigenvalue weighted by Gasteiger charge is 2.24. The Morgan fingerprint density at radius 1 is 1.39 bits per heavy atom. The molecule has 5 nitrogen and oxygen atoms in total. The fourth-order valence-corrected chi connectivity index (χ4v) is 2.78. The van der Waals surface area contributed by atoms with E-state index in [2.05, 4.69) is 41.0 Å². The predicted molar refractivity (Wildman–Crippen MR) is 93.6 cm³/mol. The maximum Gasteiger partial charge on any atom is 0.255 e. The summed E-state index contributed by atoms with van der Waals surface area (Å²) < 4.78 is 0. The molecule has 2 N–H and O–H groups in total. The highest BCUT2D eigenvalue weighted by molar-refractivity contribution is 7.13. The largest absolute Gasteiger partial charge is 0.349 e. The zero-order chi connectivity index (χ0) is 16.6. The molecule has 3 aromatic rings. The maximum absolute atomic E-state index is 12.6. The molecular weight excluding hydrogens is 308 g/mol. The minimum absolute atomic E-state index is 0.00439. The molecule has 6 heteroatoms. The van der Waals surface area contributed by atoms with Crippen LogP contribution in [0.25, 0.3) is 21.7 Å². The molecule has 0 fully saturated rings. The Kier molecular flexibility index (Phi) is 3.93. The van der Waals surface area contributed by atoms with Gasteiger partial charge >= 0.3 is 0 Å². The smallest absolute Gasteiger partial charge is 0.255 e. The van der Waals surface area contributed by atoms with Gasteiger partial charge in [0, 0.05) is 12.2 Å². The van der Waals surface area contributed by atoms with E-state index in [0.717, 1.165) is 10.6 Å². The number of hydrogen-bond donors (Lipinski definition) is 2. The summed E-state index contributed by atoms with van der Waals surface area (Å²) in [6.45, 7) is 8.31. The van der Waals surface area contributed by atoms with Crippen molar-refractivity contribution in [3.8, 4) is 10.6 Å². The molecular formula is C17H20N4OS. The lowest BCUT2D eigenvalue weighted by atomic mass is 9.88. The van der Waals surface area contributed by atoms with E-state index in [0.29, 0.717) is 16.7 Å². The maximum atomic E-state index is 12.6. The van der Waals surface area contributed by atoms with Gasteiger partial charge in [-0.2, -0.15) is 0 Å². The SMILES string of the molecule is C[C@H](NC(=O)c1c[nH]c2ncc(-c3cccs3)nc12)C(C)(C)C. The van der Waals surface area contributed by atoms with Crippen LogP contribution in [0.3, 0.4) is 0 Å². The third-order valence-corrected chi connectivity index (χ3v) is 4.94. The Labute approximate surface area is 139 Å². The van der Waals surface area contributed by atoms with Gasteiger partial charge in [0.05, 0.1) is 22.3 Å². The summed E-state index contributed by atoms with van der Waals surface area (Å²) >= 11 is 1.60. The highest BCUT2D eigenvalue weighted by Crippen LogP contribution is 2.25. The number of amides is 1. The molecule has 1 amide bonds. The molecule has 0 bridgehead atoms. The van der Waals surface area contributed by atoms with Gasteiger partial charge in [0.2, 0.25) is 0 Å². The van der Waals surface area contributed by atoms with Gasteiger partial charge in [0.1, 0.15) is 5.52 Å². The van der Waals surface area contributed by atoms with Crippen molar-refractivity contribution < 1.29 is 4.79 Å². The van der Waals surface area contributed by atoms with Gasteiger partial charge in [0.25, 0.3) is 5.91 Å². The number of fused-ring (bicyclic) bond motifs is 1. The second kappa shape index (κ2) is 5.77. The fraction of sp³-hybridized carbons (Fsp3) is 0.353. The lowest BCUT2D eigenvalue weighted by Gasteiger charge is -2.27. The van der Waals surface area contributed by atoms with E-state index >= 15 is 0 Å². The quantitative estimate of drug-likeness (QED) is 0.767. The summed E-state index contributed by atoms with van der Waals surface area (Å²) in [7, 11) is 0. The molecule has 0 unspecified atom stereocenters. The van der Waals surface area contributed by atoms with Crippen molar-refractivity contribution in [3.05, 3.63) is 35.5 Å². The first kappa shape index (κ1) is 15.7. The van der Waals surface area contributed by atoms with Gasteiger partial charge in [0.15, 0.2) is 5.65 Å². The van der Waals surface area contributed by atoms with Gasteiger partial charge < -0.3 is 10.3 Å². The van der Waals surface area contributed by atoms with E-state index in [9.17, 15) is 4.79 Å². The van der Waals surface area contributed by atoms with Crippen molar-refractivity contribution in [3.63, 3.8) is 0 Å². The van der Waals surface area contributed by atoms with E-state index in [-0.39, 0.29) is 17.4 Å². The van der Waals surface area contributed by atoms with E-state index in [1.165, 1.54) is 0 Å². The van der Waals surface area contributed by atoms with Crippen molar-refractivity contribution in [2.75, 3.05) is 0 Å². The first-order chi connectivity index (χ1) is 10.9. The van der Waals surface area contributed by atoms with Crippen LogP contribution in [0, 0.1) is 5.41 Å². The normalized spacial score (nSPS) is 13.2. The van der Waals surface area contributed by atoms with Crippen LogP contribution < -0.4 is 5.32 Å². The Hall–Kier alpha value is -2.21. The van der Waals surface area contributed by atoms with Gasteiger partial charge in [-0.15, -0.1) is 11.3 Å². The van der Waals surface area contributed by atoms with Crippen molar-refractivity contribution in [1.29, 1.82) is 0 Å². The molecule has 3 rings (SSSR count). The van der Waals surface area contributed by atoms with E-state index in [1.807, 2.05) is 24.4 Å². The van der Waals surface area contributed by atoms with Gasteiger partial charge in [-0.25, -0.2) is 9.97 Å². The lowest BCUT2D eigenvalue weighted by molar-refractivity contribution is 0.0911. The molecule has 3 heterocycles. The van der Waals surface area contributed by atoms with Gasteiger partial charge in [-0.05, 0) is 23.8 Å². The minimum Gasteiger partial charge on any atom is -0.349 e. The first-order valence-electron chi connectivity index (χ1n) is 7.55. The fourth-order valence-electron chi connectivity index (χ4n) is 2.10. The summed E-state index contributed by atoms with van der Waals surface area (Å²) in [5.74, 6) is -0.128. The van der Waals surface area contributed by atoms with Crippen LogP contribution in [-0.2, 0) is 0 Å². The first-order valence-corrected chi connectivity index (χ1v) is 8.43. The number of aromatic nitrogens is 3. The number of carbonyl (C=O) groups is 1. The number of nitrogens with one attached hydrogen (secondary N) is 2. The summed E-state index contributed by atoms with van der Waals surface area (Å²) in [5, 5.41) is 5.04. The molecule has 3 aromatic heterocycles. The number of nitrogens with zero attached hydrogens (tertiary/aromatic N) is 2. The van der Waals surface area contributed by atoms with E-state index in [4.69, 9.17) is 0 Å². The number of hydrogen-bond acceptors (Lipinski definition) is 4. The molecule has 0 aliphatic rings. The van der Waals surface area contributed by atoms with Crippen molar-refractivity contribution in [2.45, 2.75) is 33.7 Å². The molecule has 0 saturated heterocycles. The van der Waals surface area contributed by atoms with Gasteiger partial charge in [-0.1, -0.05) is 26.8 Å². The second-order valence-electron chi connectivity index (χ2n) is 6.69. The molecule has 0 radical (unpaired) electrons. The van der Waals surface area contributed by atoms with Crippen LogP contribution in [0.5, 0.6) is 0 Å². The van der Waals surface area contributed by atoms with Crippen molar-refractivity contribution in [1.82, 2.24) is 20.3 Å². The molecule has 0 aromatic carbocycles. The Morgan fingerprint density at radius 2 is 2.17 bits per heavy atom. The van der Waals surface area contributed by atoms with Crippen LogP contribution in [0.4, 0.5) is 0 Å². The standard InChI is InChI=1S/C17H20N4OS/c1-10(17(2,3)4)20-16(22)11-8-18-15-14(11)21-12(9-19-15)13-6-5-7-23-13/h5-10H,1-4H3,(H,18,19)(H,20,22)/t10-/m0/s1. The highest BCUT2D eigenvalue weighted by atomic mass is 32.1. The molecule has 0 saturated carbocycles. The van der Waals surface area contributed by atoms with Crippen LogP contribution in [-0.4, -0.2) is 26.9 Å². The van der Waals surface area contributed by atoms with E-state index in [1.54, 1.807) is 23.7 Å². The zero-order valence-electron chi connectivity index (χ0n) is 13.7. The van der Waals surface area contributed by atoms with Crippen molar-refractivity contribution in [2.24, 2.45) is 5.41 Å². The molecule has 0 aliphatic carbocycles. The van der Waals surface area contributed by atoms with E-state index < -0.39 is 0 Å². The van der Waals surface area contributed by atoms with Crippen LogP contribution in [0.1, 0.15) is 38.1 Å². The number of aromatic amines is 1. The van der Waals surface area contributed by atoms with Crippen molar-refractivity contribution >= 4 is 28.4 Å². The molecule has 1 atom stereocenters. The van der Waals surface area contributed by atoms with Gasteiger partial charge in [-0.3, -0.25) is 4.79 Å². The monoisotopic (exact) mass is 328 g/mol. The predicted octanol–water partition coefficient (Wildman–Crippen LogP) is 3.85. The summed E-state index contributed by atoms with van der Waals surface area (Å²) in [4.78, 5) is 25.6. The average Bonchev–Trinajstić information content (AvgIpc) is 3.15. The number of rotatable bonds is 3. The van der Waals surface area contributed by atoms with Crippen LogP contribution >= 0.6 is 11.3 Å². The minimum atomic E-state index is -0.128. The molecule has 0 spiro atoms. The number of carbonyl (C=O) groups excluding carboxylic acids is 1. The summed E-state index contributed by atoms with van der Waals surface area (Å²) in [6.07, 6.45) is 3.40. The third-order valence-electron chi connectivity index (χ3n) is 4.05. The van der Waals surface area contributed by atoms with Crippen LogP contribution in [0.15, 0.2) is 29.9 Å². The summed E-state index contributed by atoms with van der Waals surface area (Å²) in [5.41, 5.74) is 2.54. The third kappa shape index (κ3) is 3.12. The topological polar surface area (TPSA) is 70.7 Å². The average molecular weight is 328 g/mol. The number of H-pyrrole nitrogens is 1. The number of thiophene rings is 1. The lowest BCUT2D eigenvalue weighted by Crippen LogP contribution is -2.41. The second-order valence-corrected chi connectivity index (χ2v) is 7.64. The zero-order valence-corrected chi connectivity index (χ0v) is 14.5. The Balaban J connectivity index is 1.95. The molecule has 120 valence electrons.